The molecule has 3 aromatic rings. The summed E-state index contributed by atoms with van der Waals surface area (Å²) in [7, 11) is 0. The molecule has 3 aromatic heterocycles. The van der Waals surface area contributed by atoms with Gasteiger partial charge in [0, 0.05) is 30.1 Å². The van der Waals surface area contributed by atoms with Crippen LogP contribution in [0.1, 0.15) is 23.3 Å². The van der Waals surface area contributed by atoms with E-state index in [-0.39, 0.29) is 5.91 Å². The minimum absolute atomic E-state index is 0.108. The Balaban J connectivity index is 1.53. The third-order valence-electron chi connectivity index (χ3n) is 3.25. The molecule has 2 amide bonds. The number of thiazole rings is 1. The second-order valence-electron chi connectivity index (χ2n) is 5.01. The highest BCUT2D eigenvalue weighted by molar-refractivity contribution is 7.14. The molecule has 0 aliphatic heterocycles. The molecule has 24 heavy (non-hydrogen) atoms. The number of nitrogens with one attached hydrogen (secondary N) is 2. The number of nitrogens with two attached hydrogens (primary N) is 1. The Morgan fingerprint density at radius 3 is 3.00 bits per heavy atom. The molecule has 0 fully saturated rings. The monoisotopic (exact) mass is 345 g/mol. The lowest BCUT2D eigenvalue weighted by Gasteiger charge is -2.01. The van der Waals surface area contributed by atoms with Crippen LogP contribution in [0.5, 0.6) is 0 Å². The van der Waals surface area contributed by atoms with E-state index in [0.717, 1.165) is 5.56 Å². The van der Waals surface area contributed by atoms with Crippen molar-refractivity contribution >= 4 is 28.3 Å². The van der Waals surface area contributed by atoms with E-state index >= 15 is 0 Å². The molecule has 0 radical (unpaired) electrons. The van der Waals surface area contributed by atoms with Crippen molar-refractivity contribution in [3.63, 3.8) is 0 Å². The van der Waals surface area contributed by atoms with Gasteiger partial charge in [-0.1, -0.05) is 0 Å². The van der Waals surface area contributed by atoms with Gasteiger partial charge in [-0.05, 0) is 12.5 Å². The molecule has 0 aliphatic carbocycles. The zero-order chi connectivity index (χ0) is 16.9. The van der Waals surface area contributed by atoms with Crippen LogP contribution in [0, 0.1) is 0 Å². The molecule has 0 atom stereocenters. The molecular formula is C14H15N7O2S. The first-order chi connectivity index (χ1) is 11.6. The summed E-state index contributed by atoms with van der Waals surface area (Å²) in [6, 6.07) is 1.63. The summed E-state index contributed by atoms with van der Waals surface area (Å²) < 4.78 is 1.68. The molecule has 0 bridgehead atoms. The molecule has 0 saturated heterocycles. The number of rotatable bonds is 7. The number of amides is 2. The normalized spacial score (nSPS) is 10.7. The predicted molar refractivity (Wildman–Crippen MR) is 88.3 cm³/mol. The van der Waals surface area contributed by atoms with Crippen LogP contribution in [-0.4, -0.2) is 36.5 Å². The number of aromatic amines is 1. The first-order valence-corrected chi connectivity index (χ1v) is 8.06. The lowest BCUT2D eigenvalue weighted by molar-refractivity contribution is -0.116. The van der Waals surface area contributed by atoms with Gasteiger partial charge in [-0.25, -0.2) is 9.97 Å². The number of hydrogen-bond donors (Lipinski definition) is 3. The van der Waals surface area contributed by atoms with E-state index in [2.05, 4.69) is 25.4 Å². The predicted octanol–water partition coefficient (Wildman–Crippen LogP) is 1.25. The van der Waals surface area contributed by atoms with Crippen molar-refractivity contribution in [2.75, 3.05) is 5.32 Å². The third kappa shape index (κ3) is 3.84. The van der Waals surface area contributed by atoms with Gasteiger partial charge in [-0.3, -0.25) is 14.3 Å². The van der Waals surface area contributed by atoms with Crippen LogP contribution < -0.4 is 11.1 Å². The minimum atomic E-state index is -0.530. The second kappa shape index (κ2) is 7.04. The molecule has 3 rings (SSSR count). The Hall–Kier alpha value is -3.01. The van der Waals surface area contributed by atoms with Gasteiger partial charge in [0.2, 0.25) is 5.91 Å². The SMILES string of the molecule is NC(=O)c1cc(-c2csc(NC(=O)CCCn3cncn3)n2)c[nH]1. The zero-order valence-corrected chi connectivity index (χ0v) is 13.4. The number of anilines is 1. The molecule has 0 spiro atoms. The maximum absolute atomic E-state index is 11.9. The van der Waals surface area contributed by atoms with Gasteiger partial charge in [0.15, 0.2) is 5.13 Å². The van der Waals surface area contributed by atoms with E-state index in [1.165, 1.54) is 17.7 Å². The number of hydrogen-bond acceptors (Lipinski definition) is 6. The van der Waals surface area contributed by atoms with Crippen LogP contribution in [0.2, 0.25) is 0 Å². The summed E-state index contributed by atoms with van der Waals surface area (Å²) in [6.07, 6.45) is 5.75. The molecule has 4 N–H and O–H groups in total. The van der Waals surface area contributed by atoms with Crippen LogP contribution in [0.3, 0.4) is 0 Å². The van der Waals surface area contributed by atoms with E-state index < -0.39 is 5.91 Å². The topological polar surface area (TPSA) is 132 Å². The average molecular weight is 345 g/mol. The molecule has 124 valence electrons. The Bertz CT molecular complexity index is 837. The highest BCUT2D eigenvalue weighted by Gasteiger charge is 2.11. The van der Waals surface area contributed by atoms with Crippen molar-refractivity contribution in [3.8, 4) is 11.3 Å². The van der Waals surface area contributed by atoms with Gasteiger partial charge in [-0.15, -0.1) is 11.3 Å². The van der Waals surface area contributed by atoms with E-state index in [1.54, 1.807) is 28.7 Å². The van der Waals surface area contributed by atoms with Crippen LogP contribution in [-0.2, 0) is 11.3 Å². The largest absolute Gasteiger partial charge is 0.364 e. The summed E-state index contributed by atoms with van der Waals surface area (Å²) in [4.78, 5) is 34.0. The van der Waals surface area contributed by atoms with Crippen molar-refractivity contribution < 1.29 is 9.59 Å². The van der Waals surface area contributed by atoms with Gasteiger partial charge in [-0.2, -0.15) is 5.10 Å². The molecule has 10 heteroatoms. The Morgan fingerprint density at radius 1 is 1.42 bits per heavy atom. The summed E-state index contributed by atoms with van der Waals surface area (Å²) in [6.45, 7) is 0.635. The summed E-state index contributed by atoms with van der Waals surface area (Å²) in [5.74, 6) is -0.639. The number of aryl methyl sites for hydroxylation is 1. The van der Waals surface area contributed by atoms with E-state index in [9.17, 15) is 9.59 Å². The fourth-order valence-corrected chi connectivity index (χ4v) is 2.82. The van der Waals surface area contributed by atoms with Crippen LogP contribution in [0.25, 0.3) is 11.3 Å². The van der Waals surface area contributed by atoms with Gasteiger partial charge >= 0.3 is 0 Å². The quantitative estimate of drug-likeness (QED) is 0.593. The molecule has 0 saturated carbocycles. The maximum atomic E-state index is 11.9. The van der Waals surface area contributed by atoms with E-state index in [0.29, 0.717) is 35.9 Å². The minimum Gasteiger partial charge on any atom is -0.364 e. The molecule has 3 heterocycles. The highest BCUT2D eigenvalue weighted by Crippen LogP contribution is 2.25. The fraction of sp³-hybridized carbons (Fsp3) is 0.214. The first kappa shape index (κ1) is 15.9. The molecule has 0 aliphatic rings. The summed E-state index contributed by atoms with van der Waals surface area (Å²) in [5.41, 5.74) is 6.93. The Morgan fingerprint density at radius 2 is 2.29 bits per heavy atom. The van der Waals surface area contributed by atoms with Crippen LogP contribution in [0.15, 0.2) is 30.3 Å². The van der Waals surface area contributed by atoms with Crippen molar-refractivity contribution in [2.45, 2.75) is 19.4 Å². The van der Waals surface area contributed by atoms with Crippen molar-refractivity contribution in [1.29, 1.82) is 0 Å². The van der Waals surface area contributed by atoms with Crippen molar-refractivity contribution in [3.05, 3.63) is 36.0 Å². The highest BCUT2D eigenvalue weighted by atomic mass is 32.1. The first-order valence-electron chi connectivity index (χ1n) is 7.18. The molecule has 9 nitrogen and oxygen atoms in total. The number of nitrogens with zero attached hydrogens (tertiary/aromatic N) is 4. The van der Waals surface area contributed by atoms with E-state index in [1.807, 2.05) is 0 Å². The van der Waals surface area contributed by atoms with E-state index in [4.69, 9.17) is 5.73 Å². The lowest BCUT2D eigenvalue weighted by Crippen LogP contribution is -2.12. The summed E-state index contributed by atoms with van der Waals surface area (Å²) >= 11 is 1.32. The Labute approximate surface area is 140 Å². The van der Waals surface area contributed by atoms with Gasteiger partial charge < -0.3 is 16.0 Å². The number of H-pyrrole nitrogens is 1. The van der Waals surface area contributed by atoms with Gasteiger partial charge in [0.25, 0.3) is 5.91 Å². The standard InChI is InChI=1S/C14H15N7O2S/c15-13(23)10-4-9(5-17-10)11-6-24-14(19-11)20-12(22)2-1-3-21-8-16-7-18-21/h4-8,17H,1-3H2,(H2,15,23)(H,19,20,22). The van der Waals surface area contributed by atoms with Gasteiger partial charge in [0.05, 0.1) is 5.69 Å². The lowest BCUT2D eigenvalue weighted by atomic mass is 10.2. The average Bonchev–Trinajstić information content (AvgIpc) is 3.28. The summed E-state index contributed by atoms with van der Waals surface area (Å²) in [5, 5.41) is 9.06. The van der Waals surface area contributed by atoms with Crippen LogP contribution in [0.4, 0.5) is 5.13 Å². The molecule has 0 unspecified atom stereocenters. The molecular weight excluding hydrogens is 330 g/mol. The Kier molecular flexibility index (Phi) is 4.66. The number of aromatic nitrogens is 5. The van der Waals surface area contributed by atoms with Gasteiger partial charge in [0.1, 0.15) is 18.3 Å². The number of primary amides is 1. The van der Waals surface area contributed by atoms with Crippen molar-refractivity contribution in [2.24, 2.45) is 5.73 Å². The molecule has 0 aromatic carbocycles. The number of carbonyl (C=O) groups excluding carboxylic acids is 2. The maximum Gasteiger partial charge on any atom is 0.265 e. The second-order valence-corrected chi connectivity index (χ2v) is 5.87. The van der Waals surface area contributed by atoms with Crippen molar-refractivity contribution in [1.82, 2.24) is 24.7 Å². The third-order valence-corrected chi connectivity index (χ3v) is 4.01. The smallest absolute Gasteiger partial charge is 0.265 e. The zero-order valence-electron chi connectivity index (χ0n) is 12.6. The fourth-order valence-electron chi connectivity index (χ4n) is 2.08. The number of carbonyl (C=O) groups is 2. The van der Waals surface area contributed by atoms with Crippen LogP contribution >= 0.6 is 11.3 Å².